The first-order valence-electron chi connectivity index (χ1n) is 5.26. The number of halogens is 1. The van der Waals surface area contributed by atoms with Crippen molar-refractivity contribution in [3.63, 3.8) is 0 Å². The van der Waals surface area contributed by atoms with Crippen molar-refractivity contribution in [1.82, 2.24) is 0 Å². The Balaban J connectivity index is 3.20. The van der Waals surface area contributed by atoms with Crippen LogP contribution in [0.15, 0.2) is 12.1 Å². The lowest BCUT2D eigenvalue weighted by molar-refractivity contribution is 0.395. The molecule has 0 saturated carbocycles. The molecule has 0 radical (unpaired) electrons. The van der Waals surface area contributed by atoms with Crippen molar-refractivity contribution in [2.24, 2.45) is 5.73 Å². The normalized spacial score (nSPS) is 12.3. The van der Waals surface area contributed by atoms with Gasteiger partial charge in [0.25, 0.3) is 0 Å². The van der Waals surface area contributed by atoms with Gasteiger partial charge in [-0.1, -0.05) is 18.5 Å². The number of hydrogen-bond donors (Lipinski definition) is 1. The average Bonchev–Trinajstić information content (AvgIpc) is 2.28. The second-order valence-electron chi connectivity index (χ2n) is 3.68. The predicted molar refractivity (Wildman–Crippen MR) is 66.6 cm³/mol. The third-order valence-electron chi connectivity index (χ3n) is 2.64. The van der Waals surface area contributed by atoms with Crippen LogP contribution in [-0.2, 0) is 0 Å². The molecule has 0 aliphatic rings. The minimum Gasteiger partial charge on any atom is -0.496 e. The summed E-state index contributed by atoms with van der Waals surface area (Å²) in [6.45, 7) is 2.70. The van der Waals surface area contributed by atoms with Gasteiger partial charge < -0.3 is 15.2 Å². The smallest absolute Gasteiger partial charge is 0.138 e. The SMILES string of the molecule is COc1ccc(OC)c(C(C)CCN)c1Cl. The Kier molecular flexibility index (Phi) is 4.90. The molecule has 1 aromatic rings. The van der Waals surface area contributed by atoms with E-state index in [1.807, 2.05) is 6.07 Å². The minimum absolute atomic E-state index is 0.252. The number of methoxy groups -OCH3 is 2. The van der Waals surface area contributed by atoms with E-state index in [0.29, 0.717) is 17.3 Å². The Morgan fingerprint density at radius 2 is 1.81 bits per heavy atom. The molecule has 1 rings (SSSR count). The molecule has 0 aliphatic heterocycles. The maximum Gasteiger partial charge on any atom is 0.138 e. The van der Waals surface area contributed by atoms with Crippen LogP contribution in [0.4, 0.5) is 0 Å². The molecule has 0 bridgehead atoms. The van der Waals surface area contributed by atoms with E-state index >= 15 is 0 Å². The molecule has 1 unspecified atom stereocenters. The van der Waals surface area contributed by atoms with E-state index in [0.717, 1.165) is 17.7 Å². The summed E-state index contributed by atoms with van der Waals surface area (Å²) in [6.07, 6.45) is 0.864. The van der Waals surface area contributed by atoms with Gasteiger partial charge in [0.2, 0.25) is 0 Å². The van der Waals surface area contributed by atoms with Crippen LogP contribution in [-0.4, -0.2) is 20.8 Å². The van der Waals surface area contributed by atoms with Gasteiger partial charge in [-0.05, 0) is 31.0 Å². The van der Waals surface area contributed by atoms with Gasteiger partial charge in [-0.25, -0.2) is 0 Å². The fraction of sp³-hybridized carbons (Fsp3) is 0.500. The number of rotatable bonds is 5. The molecule has 3 nitrogen and oxygen atoms in total. The lowest BCUT2D eigenvalue weighted by Crippen LogP contribution is -2.07. The van der Waals surface area contributed by atoms with Gasteiger partial charge in [0.15, 0.2) is 0 Å². The van der Waals surface area contributed by atoms with Gasteiger partial charge in [-0.2, -0.15) is 0 Å². The second kappa shape index (κ2) is 5.97. The highest BCUT2D eigenvalue weighted by atomic mass is 35.5. The zero-order valence-electron chi connectivity index (χ0n) is 9.92. The number of hydrogen-bond acceptors (Lipinski definition) is 3. The summed E-state index contributed by atoms with van der Waals surface area (Å²) in [6, 6.07) is 3.67. The maximum atomic E-state index is 6.28. The summed E-state index contributed by atoms with van der Waals surface area (Å²) >= 11 is 6.28. The fourth-order valence-electron chi connectivity index (χ4n) is 1.74. The quantitative estimate of drug-likeness (QED) is 0.865. The molecular weight excluding hydrogens is 226 g/mol. The summed E-state index contributed by atoms with van der Waals surface area (Å²) in [5.74, 6) is 1.70. The molecule has 16 heavy (non-hydrogen) atoms. The molecule has 0 spiro atoms. The molecule has 0 fully saturated rings. The van der Waals surface area contributed by atoms with Crippen molar-refractivity contribution in [2.75, 3.05) is 20.8 Å². The molecule has 0 amide bonds. The van der Waals surface area contributed by atoms with Gasteiger partial charge in [0.1, 0.15) is 11.5 Å². The monoisotopic (exact) mass is 243 g/mol. The van der Waals surface area contributed by atoms with Gasteiger partial charge in [-0.3, -0.25) is 0 Å². The van der Waals surface area contributed by atoms with Crippen molar-refractivity contribution in [2.45, 2.75) is 19.3 Å². The highest BCUT2D eigenvalue weighted by Crippen LogP contribution is 2.40. The third kappa shape index (κ3) is 2.60. The van der Waals surface area contributed by atoms with E-state index in [1.165, 1.54) is 0 Å². The Labute approximate surface area is 101 Å². The van der Waals surface area contributed by atoms with Crippen LogP contribution in [0.3, 0.4) is 0 Å². The third-order valence-corrected chi connectivity index (χ3v) is 3.03. The Morgan fingerprint density at radius 3 is 2.31 bits per heavy atom. The summed E-state index contributed by atoms with van der Waals surface area (Å²) in [7, 11) is 3.24. The van der Waals surface area contributed by atoms with Crippen LogP contribution < -0.4 is 15.2 Å². The van der Waals surface area contributed by atoms with Crippen molar-refractivity contribution in [3.05, 3.63) is 22.7 Å². The van der Waals surface area contributed by atoms with Crippen LogP contribution in [0.25, 0.3) is 0 Å². The standard InChI is InChI=1S/C12H18ClNO2/c1-8(6-7-14)11-9(15-2)4-5-10(16-3)12(11)13/h4-5,8H,6-7,14H2,1-3H3. The first-order chi connectivity index (χ1) is 7.65. The fourth-order valence-corrected chi connectivity index (χ4v) is 2.16. The van der Waals surface area contributed by atoms with E-state index in [4.69, 9.17) is 26.8 Å². The highest BCUT2D eigenvalue weighted by molar-refractivity contribution is 6.33. The predicted octanol–water partition coefficient (Wildman–Crippen LogP) is 2.81. The van der Waals surface area contributed by atoms with E-state index in [1.54, 1.807) is 20.3 Å². The topological polar surface area (TPSA) is 44.5 Å². The molecule has 0 aliphatic carbocycles. The van der Waals surface area contributed by atoms with Crippen LogP contribution in [0.1, 0.15) is 24.8 Å². The summed E-state index contributed by atoms with van der Waals surface area (Å²) in [5, 5.41) is 0.614. The molecular formula is C12H18ClNO2. The van der Waals surface area contributed by atoms with Crippen molar-refractivity contribution >= 4 is 11.6 Å². The zero-order valence-corrected chi connectivity index (χ0v) is 10.7. The molecule has 0 saturated heterocycles. The van der Waals surface area contributed by atoms with Crippen LogP contribution in [0, 0.1) is 0 Å². The summed E-state index contributed by atoms with van der Waals surface area (Å²) < 4.78 is 10.5. The molecule has 1 atom stereocenters. The van der Waals surface area contributed by atoms with Gasteiger partial charge in [-0.15, -0.1) is 0 Å². The maximum absolute atomic E-state index is 6.28. The molecule has 0 aromatic heterocycles. The van der Waals surface area contributed by atoms with Gasteiger partial charge in [0.05, 0.1) is 19.2 Å². The van der Waals surface area contributed by atoms with E-state index in [2.05, 4.69) is 6.92 Å². The molecule has 4 heteroatoms. The average molecular weight is 244 g/mol. The van der Waals surface area contributed by atoms with Crippen molar-refractivity contribution < 1.29 is 9.47 Å². The lowest BCUT2D eigenvalue weighted by Gasteiger charge is -2.18. The molecule has 90 valence electrons. The minimum atomic E-state index is 0.252. The first kappa shape index (κ1) is 13.1. The molecule has 1 aromatic carbocycles. The summed E-state index contributed by atoms with van der Waals surface area (Å²) in [5.41, 5.74) is 6.53. The summed E-state index contributed by atoms with van der Waals surface area (Å²) in [4.78, 5) is 0. The van der Waals surface area contributed by atoms with E-state index < -0.39 is 0 Å². The lowest BCUT2D eigenvalue weighted by atomic mass is 9.96. The number of nitrogens with two attached hydrogens (primary N) is 1. The Morgan fingerprint density at radius 1 is 1.25 bits per heavy atom. The van der Waals surface area contributed by atoms with Gasteiger partial charge >= 0.3 is 0 Å². The van der Waals surface area contributed by atoms with Crippen LogP contribution >= 0.6 is 11.6 Å². The van der Waals surface area contributed by atoms with Crippen LogP contribution in [0.2, 0.25) is 5.02 Å². The van der Waals surface area contributed by atoms with E-state index in [9.17, 15) is 0 Å². The van der Waals surface area contributed by atoms with Crippen molar-refractivity contribution in [1.29, 1.82) is 0 Å². The number of ether oxygens (including phenoxy) is 2. The van der Waals surface area contributed by atoms with Gasteiger partial charge in [0, 0.05) is 5.56 Å². The Hall–Kier alpha value is -0.930. The zero-order chi connectivity index (χ0) is 12.1. The first-order valence-corrected chi connectivity index (χ1v) is 5.63. The molecule has 2 N–H and O–H groups in total. The Bertz CT molecular complexity index is 355. The number of benzene rings is 1. The van der Waals surface area contributed by atoms with E-state index in [-0.39, 0.29) is 5.92 Å². The largest absolute Gasteiger partial charge is 0.496 e. The highest BCUT2D eigenvalue weighted by Gasteiger charge is 2.18. The second-order valence-corrected chi connectivity index (χ2v) is 4.05. The molecule has 0 heterocycles. The van der Waals surface area contributed by atoms with Crippen molar-refractivity contribution in [3.8, 4) is 11.5 Å². The van der Waals surface area contributed by atoms with Crippen LogP contribution in [0.5, 0.6) is 11.5 Å².